The lowest BCUT2D eigenvalue weighted by molar-refractivity contribution is -0.169. The molecule has 0 amide bonds. The molecule has 0 aliphatic rings. The van der Waals surface area contributed by atoms with E-state index in [0.717, 1.165) is 101 Å². The molecule has 0 unspecified atom stereocenters. The lowest BCUT2D eigenvalue weighted by atomic mass is 9.92. The SMILES string of the molecule is C=CC(=O)OCC(COC(=O)C=C)(COC(=O)C=C)COC(=O)CCCCCCCCCCCCCCC(=O)OCC(COC(=O)C=C)(COC(=O)C=C)COC(=O)C=C. The normalized spacial score (nSPS) is 10.7. The van der Waals surface area contributed by atoms with Gasteiger partial charge in [-0.3, -0.25) is 9.59 Å². The van der Waals surface area contributed by atoms with Crippen molar-refractivity contribution >= 4 is 47.8 Å². The summed E-state index contributed by atoms with van der Waals surface area (Å²) in [4.78, 5) is 95.6. The van der Waals surface area contributed by atoms with Crippen LogP contribution in [0.2, 0.25) is 0 Å². The second-order valence-electron chi connectivity index (χ2n) is 13.9. The van der Waals surface area contributed by atoms with E-state index in [1.807, 2.05) is 0 Å². The number of hydrogen-bond acceptors (Lipinski definition) is 16. The van der Waals surface area contributed by atoms with E-state index in [-0.39, 0.29) is 26.1 Å². The Labute approximate surface area is 352 Å². The van der Waals surface area contributed by atoms with Gasteiger partial charge in [0, 0.05) is 49.3 Å². The average Bonchev–Trinajstić information content (AvgIpc) is 3.26. The summed E-state index contributed by atoms with van der Waals surface area (Å²) in [5.74, 6) is -5.62. The average molecular weight is 847 g/mol. The van der Waals surface area contributed by atoms with E-state index in [0.29, 0.717) is 12.8 Å². The van der Waals surface area contributed by atoms with Gasteiger partial charge in [0.2, 0.25) is 0 Å². The summed E-state index contributed by atoms with van der Waals surface area (Å²) in [5, 5.41) is 0. The molecule has 0 aromatic rings. The van der Waals surface area contributed by atoms with Crippen LogP contribution in [0.25, 0.3) is 0 Å². The van der Waals surface area contributed by atoms with Crippen molar-refractivity contribution in [1.82, 2.24) is 0 Å². The van der Waals surface area contributed by atoms with Gasteiger partial charge in [-0.05, 0) is 12.8 Å². The molecule has 0 aliphatic carbocycles. The molecule has 0 aromatic carbocycles. The van der Waals surface area contributed by atoms with Crippen molar-refractivity contribution in [1.29, 1.82) is 0 Å². The lowest BCUT2D eigenvalue weighted by Gasteiger charge is -2.31. The Morgan fingerprint density at radius 2 is 0.450 bits per heavy atom. The first-order valence-electron chi connectivity index (χ1n) is 19.8. The maximum atomic E-state index is 12.6. The van der Waals surface area contributed by atoms with Crippen LogP contribution in [0.5, 0.6) is 0 Å². The molecule has 16 nitrogen and oxygen atoms in total. The van der Waals surface area contributed by atoms with Crippen LogP contribution in [0.3, 0.4) is 0 Å². The topological polar surface area (TPSA) is 210 Å². The van der Waals surface area contributed by atoms with E-state index in [9.17, 15) is 38.4 Å². The largest absolute Gasteiger partial charge is 0.465 e. The van der Waals surface area contributed by atoms with Crippen LogP contribution < -0.4 is 0 Å². The van der Waals surface area contributed by atoms with Gasteiger partial charge in [-0.25, -0.2) is 28.8 Å². The van der Waals surface area contributed by atoms with Crippen molar-refractivity contribution in [3.05, 3.63) is 75.9 Å². The van der Waals surface area contributed by atoms with Gasteiger partial charge < -0.3 is 37.9 Å². The standard InChI is InChI=1S/C44H62O16/c1-7-35(45)53-27-43(28-54-36(46)8-2,29-55-37(47)9-3)33-59-41(51)25-23-21-19-17-15-13-14-16-18-20-22-24-26-42(52)60-34-44(30-56-38(48)10-4,31-57-39(49)11-5)32-58-40(50)12-6/h7-12H,1-6,13-34H2. The molecule has 0 atom stereocenters. The minimum Gasteiger partial charge on any atom is -0.465 e. The minimum atomic E-state index is -1.37. The van der Waals surface area contributed by atoms with Crippen molar-refractivity contribution in [3.63, 3.8) is 0 Å². The van der Waals surface area contributed by atoms with Crippen molar-refractivity contribution in [3.8, 4) is 0 Å². The summed E-state index contributed by atoms with van der Waals surface area (Å²) < 4.78 is 41.7. The Morgan fingerprint density at radius 3 is 0.633 bits per heavy atom. The Bertz CT molecular complexity index is 1230. The summed E-state index contributed by atoms with van der Waals surface area (Å²) in [6.07, 6.45) is 17.0. The van der Waals surface area contributed by atoms with Gasteiger partial charge >= 0.3 is 47.8 Å². The highest BCUT2D eigenvalue weighted by Gasteiger charge is 2.38. The van der Waals surface area contributed by atoms with Gasteiger partial charge in [0.15, 0.2) is 0 Å². The van der Waals surface area contributed by atoms with Gasteiger partial charge in [0.1, 0.15) is 63.7 Å². The third-order valence-corrected chi connectivity index (χ3v) is 8.71. The molecular formula is C44H62O16. The predicted molar refractivity (Wildman–Crippen MR) is 218 cm³/mol. The monoisotopic (exact) mass is 846 g/mol. The molecule has 0 N–H and O–H groups in total. The number of ether oxygens (including phenoxy) is 8. The molecule has 0 rings (SSSR count). The summed E-state index contributed by atoms with van der Waals surface area (Å²) in [7, 11) is 0. The summed E-state index contributed by atoms with van der Waals surface area (Å²) in [5.41, 5.74) is -2.75. The molecule has 0 saturated carbocycles. The number of carbonyl (C=O) groups is 8. The Kier molecular flexibility index (Phi) is 29.9. The molecule has 0 radical (unpaired) electrons. The second-order valence-corrected chi connectivity index (χ2v) is 13.9. The van der Waals surface area contributed by atoms with Crippen LogP contribution in [0.1, 0.15) is 89.9 Å². The van der Waals surface area contributed by atoms with Crippen LogP contribution >= 0.6 is 0 Å². The van der Waals surface area contributed by atoms with Crippen LogP contribution in [0.4, 0.5) is 0 Å². The highest BCUT2D eigenvalue weighted by atomic mass is 16.6. The quantitative estimate of drug-likeness (QED) is 0.0309. The molecule has 0 saturated heterocycles. The summed E-state index contributed by atoms with van der Waals surface area (Å²) in [6.45, 7) is 17.0. The molecule has 0 bridgehead atoms. The van der Waals surface area contributed by atoms with Crippen LogP contribution in [0, 0.1) is 10.8 Å². The molecule has 16 heteroatoms. The third-order valence-electron chi connectivity index (χ3n) is 8.71. The number of unbranched alkanes of at least 4 members (excludes halogenated alkanes) is 11. The molecule has 0 spiro atoms. The Balaban J connectivity index is 4.51. The molecule has 334 valence electrons. The zero-order valence-electron chi connectivity index (χ0n) is 34.8. The smallest absolute Gasteiger partial charge is 0.330 e. The summed E-state index contributed by atoms with van der Waals surface area (Å²) >= 11 is 0. The number of carbonyl (C=O) groups excluding carboxylic acids is 8. The van der Waals surface area contributed by atoms with Crippen molar-refractivity contribution < 1.29 is 76.3 Å². The first-order chi connectivity index (χ1) is 28.7. The maximum absolute atomic E-state index is 12.6. The maximum Gasteiger partial charge on any atom is 0.330 e. The molecule has 0 fully saturated rings. The second kappa shape index (κ2) is 33.1. The highest BCUT2D eigenvalue weighted by Crippen LogP contribution is 2.24. The van der Waals surface area contributed by atoms with Crippen molar-refractivity contribution in [2.45, 2.75) is 89.9 Å². The van der Waals surface area contributed by atoms with Gasteiger partial charge in [-0.15, -0.1) is 0 Å². The molecular weight excluding hydrogens is 784 g/mol. The van der Waals surface area contributed by atoms with E-state index in [4.69, 9.17) is 37.9 Å². The molecule has 0 heterocycles. The van der Waals surface area contributed by atoms with Gasteiger partial charge in [-0.1, -0.05) is 104 Å². The predicted octanol–water partition coefficient (Wildman–Crippen LogP) is 5.88. The zero-order chi connectivity index (χ0) is 45.1. The highest BCUT2D eigenvalue weighted by molar-refractivity contribution is 5.83. The van der Waals surface area contributed by atoms with E-state index >= 15 is 0 Å². The third kappa shape index (κ3) is 27.0. The van der Waals surface area contributed by atoms with Gasteiger partial charge in [-0.2, -0.15) is 0 Å². The van der Waals surface area contributed by atoms with E-state index < -0.39 is 98.2 Å². The van der Waals surface area contributed by atoms with E-state index in [1.165, 1.54) is 0 Å². The number of esters is 8. The minimum absolute atomic E-state index is 0.146. The zero-order valence-corrected chi connectivity index (χ0v) is 34.8. The fraction of sp³-hybridized carbons (Fsp3) is 0.545. The van der Waals surface area contributed by atoms with Crippen molar-refractivity contribution in [2.75, 3.05) is 52.9 Å². The van der Waals surface area contributed by atoms with Crippen LogP contribution in [-0.4, -0.2) is 101 Å². The number of rotatable bonds is 37. The lowest BCUT2D eigenvalue weighted by Crippen LogP contribution is -2.43. The fourth-order valence-corrected chi connectivity index (χ4v) is 5.12. The molecule has 0 aromatic heterocycles. The molecule has 60 heavy (non-hydrogen) atoms. The first-order valence-corrected chi connectivity index (χ1v) is 19.8. The van der Waals surface area contributed by atoms with E-state index in [2.05, 4.69) is 39.5 Å². The van der Waals surface area contributed by atoms with E-state index in [1.54, 1.807) is 0 Å². The Morgan fingerprint density at radius 1 is 0.283 bits per heavy atom. The Hall–Kier alpha value is -5.80. The summed E-state index contributed by atoms with van der Waals surface area (Å²) in [6, 6.07) is 0. The van der Waals surface area contributed by atoms with Gasteiger partial charge in [0.25, 0.3) is 0 Å². The fourth-order valence-electron chi connectivity index (χ4n) is 5.12. The van der Waals surface area contributed by atoms with Crippen molar-refractivity contribution in [2.24, 2.45) is 10.8 Å². The van der Waals surface area contributed by atoms with Crippen LogP contribution in [-0.2, 0) is 76.3 Å². The van der Waals surface area contributed by atoms with Crippen LogP contribution in [0.15, 0.2) is 75.9 Å². The molecule has 0 aliphatic heterocycles. The first kappa shape index (κ1) is 54.2. The number of hydrogen-bond donors (Lipinski definition) is 0. The van der Waals surface area contributed by atoms with Gasteiger partial charge in [0.05, 0.1) is 0 Å².